The van der Waals surface area contributed by atoms with E-state index in [9.17, 15) is 0 Å². The fraction of sp³-hybridized carbons (Fsp3) is 0.600. The van der Waals surface area contributed by atoms with Crippen LogP contribution < -0.4 is 16.8 Å². The van der Waals surface area contributed by atoms with E-state index in [4.69, 9.17) is 11.5 Å². The summed E-state index contributed by atoms with van der Waals surface area (Å²) in [5, 5.41) is 2.78. The first-order chi connectivity index (χ1) is 3.68. The van der Waals surface area contributed by atoms with Crippen LogP contribution in [0.1, 0.15) is 6.92 Å². The molecule has 0 aliphatic heterocycles. The van der Waals surface area contributed by atoms with E-state index in [1.807, 2.05) is 6.92 Å². The van der Waals surface area contributed by atoms with Gasteiger partial charge in [-0.2, -0.15) is 0 Å². The second-order valence-corrected chi connectivity index (χ2v) is 1.72. The van der Waals surface area contributed by atoms with Gasteiger partial charge < -0.3 is 16.8 Å². The normalized spacial score (nSPS) is 15.6. The van der Waals surface area contributed by atoms with Gasteiger partial charge in [0.25, 0.3) is 0 Å². The zero-order chi connectivity index (χ0) is 6.57. The average molecular weight is 115 g/mol. The van der Waals surface area contributed by atoms with Gasteiger partial charge in [0.05, 0.1) is 0 Å². The van der Waals surface area contributed by atoms with Gasteiger partial charge in [-0.1, -0.05) is 0 Å². The Morgan fingerprint density at radius 1 is 1.75 bits per heavy atom. The maximum absolute atomic E-state index is 5.40. The molecule has 0 bridgehead atoms. The fourth-order valence-corrected chi connectivity index (χ4v) is 0.298. The van der Waals surface area contributed by atoms with Crippen molar-refractivity contribution in [3.05, 3.63) is 11.9 Å². The molecule has 0 amide bonds. The zero-order valence-electron chi connectivity index (χ0n) is 5.31. The van der Waals surface area contributed by atoms with Crippen LogP contribution in [0.3, 0.4) is 0 Å². The quantitative estimate of drug-likeness (QED) is 0.448. The van der Waals surface area contributed by atoms with Crippen LogP contribution in [-0.4, -0.2) is 13.1 Å². The first-order valence-electron chi connectivity index (χ1n) is 2.57. The Kier molecular flexibility index (Phi) is 3.03. The van der Waals surface area contributed by atoms with Crippen molar-refractivity contribution in [3.8, 4) is 0 Å². The molecule has 0 aromatic heterocycles. The molecule has 0 aromatic carbocycles. The van der Waals surface area contributed by atoms with E-state index in [2.05, 4.69) is 5.32 Å². The molecule has 0 aromatic rings. The summed E-state index contributed by atoms with van der Waals surface area (Å²) in [7, 11) is 1.79. The Hall–Kier alpha value is -0.700. The number of nitrogens with one attached hydrogen (secondary N) is 1. The first-order valence-corrected chi connectivity index (χ1v) is 2.57. The summed E-state index contributed by atoms with van der Waals surface area (Å²) >= 11 is 0. The van der Waals surface area contributed by atoms with Gasteiger partial charge in [-0.05, 0) is 6.92 Å². The lowest BCUT2D eigenvalue weighted by atomic mass is 10.3. The summed E-state index contributed by atoms with van der Waals surface area (Å²) in [6, 6.07) is -0.0533. The van der Waals surface area contributed by atoms with Gasteiger partial charge in [0, 0.05) is 25.0 Å². The highest BCUT2D eigenvalue weighted by atomic mass is 14.8. The number of nitrogens with two attached hydrogens (primary N) is 2. The van der Waals surface area contributed by atoms with Crippen LogP contribution in [0.4, 0.5) is 0 Å². The van der Waals surface area contributed by atoms with Gasteiger partial charge in [0.15, 0.2) is 0 Å². The summed E-state index contributed by atoms with van der Waals surface area (Å²) in [5.41, 5.74) is 11.5. The highest BCUT2D eigenvalue weighted by Crippen LogP contribution is 1.84. The van der Waals surface area contributed by atoms with Crippen molar-refractivity contribution in [2.45, 2.75) is 13.0 Å². The van der Waals surface area contributed by atoms with Crippen molar-refractivity contribution >= 4 is 0 Å². The predicted molar refractivity (Wildman–Crippen MR) is 35.0 cm³/mol. The third-order valence-electron chi connectivity index (χ3n) is 0.837. The van der Waals surface area contributed by atoms with Crippen molar-refractivity contribution in [1.82, 2.24) is 5.32 Å². The second kappa shape index (κ2) is 3.32. The number of hydrogen-bond acceptors (Lipinski definition) is 3. The van der Waals surface area contributed by atoms with Gasteiger partial charge in [0.2, 0.25) is 0 Å². The minimum absolute atomic E-state index is 0.0533. The van der Waals surface area contributed by atoms with E-state index in [1.165, 1.54) is 0 Å². The summed E-state index contributed by atoms with van der Waals surface area (Å²) < 4.78 is 0. The van der Waals surface area contributed by atoms with E-state index in [-0.39, 0.29) is 6.04 Å². The Morgan fingerprint density at radius 2 is 2.25 bits per heavy atom. The summed E-state index contributed by atoms with van der Waals surface area (Å²) in [5.74, 6) is 0. The third kappa shape index (κ3) is 2.47. The molecule has 3 heteroatoms. The van der Waals surface area contributed by atoms with Crippen LogP contribution in [0.5, 0.6) is 0 Å². The molecule has 0 fully saturated rings. The molecule has 3 nitrogen and oxygen atoms in total. The number of rotatable bonds is 2. The minimum atomic E-state index is -0.0533. The second-order valence-electron chi connectivity index (χ2n) is 1.72. The Bertz CT molecular complexity index is 85.7. The molecule has 0 saturated heterocycles. The molecule has 0 spiro atoms. The molecule has 0 aliphatic rings. The SMILES string of the molecule is CNC=C(N)C(C)N. The highest BCUT2D eigenvalue weighted by molar-refractivity contribution is 5.01. The third-order valence-corrected chi connectivity index (χ3v) is 0.837. The maximum atomic E-state index is 5.40. The summed E-state index contributed by atoms with van der Waals surface area (Å²) in [6.45, 7) is 1.84. The molecule has 0 radical (unpaired) electrons. The smallest absolute Gasteiger partial charge is 0.0428 e. The lowest BCUT2D eigenvalue weighted by Crippen LogP contribution is -2.24. The van der Waals surface area contributed by atoms with E-state index >= 15 is 0 Å². The van der Waals surface area contributed by atoms with E-state index < -0.39 is 0 Å². The first kappa shape index (κ1) is 7.30. The van der Waals surface area contributed by atoms with Gasteiger partial charge >= 0.3 is 0 Å². The molecule has 0 rings (SSSR count). The molecule has 48 valence electrons. The lowest BCUT2D eigenvalue weighted by molar-refractivity contribution is 0.830. The Balaban J connectivity index is 3.61. The minimum Gasteiger partial charge on any atom is -0.400 e. The molecule has 8 heavy (non-hydrogen) atoms. The van der Waals surface area contributed by atoms with Crippen molar-refractivity contribution < 1.29 is 0 Å². The molecule has 5 N–H and O–H groups in total. The standard InChI is InChI=1S/C5H13N3/c1-4(6)5(7)3-8-2/h3-4,8H,6-7H2,1-2H3. The Morgan fingerprint density at radius 3 is 2.38 bits per heavy atom. The van der Waals surface area contributed by atoms with Gasteiger partial charge in [-0.25, -0.2) is 0 Å². The van der Waals surface area contributed by atoms with Crippen LogP contribution >= 0.6 is 0 Å². The van der Waals surface area contributed by atoms with Crippen LogP contribution in [0.15, 0.2) is 11.9 Å². The molecular weight excluding hydrogens is 102 g/mol. The Labute approximate surface area is 49.7 Å². The van der Waals surface area contributed by atoms with Gasteiger partial charge in [-0.3, -0.25) is 0 Å². The summed E-state index contributed by atoms with van der Waals surface area (Å²) in [6.07, 6.45) is 1.69. The van der Waals surface area contributed by atoms with Crippen LogP contribution in [0, 0.1) is 0 Å². The molecule has 1 unspecified atom stereocenters. The van der Waals surface area contributed by atoms with E-state index in [0.717, 1.165) is 0 Å². The molecular formula is C5H13N3. The van der Waals surface area contributed by atoms with Crippen LogP contribution in [0.25, 0.3) is 0 Å². The monoisotopic (exact) mass is 115 g/mol. The fourth-order valence-electron chi connectivity index (χ4n) is 0.298. The molecule has 0 saturated carbocycles. The molecule has 1 atom stereocenters. The number of hydrogen-bond donors (Lipinski definition) is 3. The topological polar surface area (TPSA) is 64.1 Å². The largest absolute Gasteiger partial charge is 0.400 e. The molecule has 0 aliphatic carbocycles. The average Bonchev–Trinajstić information content (AvgIpc) is 1.67. The van der Waals surface area contributed by atoms with E-state index in [1.54, 1.807) is 13.2 Å². The predicted octanol–water partition coefficient (Wildman–Crippen LogP) is -0.647. The molecule has 0 heterocycles. The lowest BCUT2D eigenvalue weighted by Gasteiger charge is -2.03. The highest BCUT2D eigenvalue weighted by Gasteiger charge is 1.93. The zero-order valence-corrected chi connectivity index (χ0v) is 5.31. The van der Waals surface area contributed by atoms with Crippen molar-refractivity contribution in [3.63, 3.8) is 0 Å². The van der Waals surface area contributed by atoms with Crippen LogP contribution in [-0.2, 0) is 0 Å². The van der Waals surface area contributed by atoms with Crippen LogP contribution in [0.2, 0.25) is 0 Å². The van der Waals surface area contributed by atoms with Crippen molar-refractivity contribution in [2.75, 3.05) is 7.05 Å². The van der Waals surface area contributed by atoms with Crippen molar-refractivity contribution in [1.29, 1.82) is 0 Å². The van der Waals surface area contributed by atoms with E-state index in [0.29, 0.717) is 5.70 Å². The van der Waals surface area contributed by atoms with Crippen molar-refractivity contribution in [2.24, 2.45) is 11.5 Å². The summed E-state index contributed by atoms with van der Waals surface area (Å²) in [4.78, 5) is 0. The maximum Gasteiger partial charge on any atom is 0.0428 e. The van der Waals surface area contributed by atoms with Gasteiger partial charge in [-0.15, -0.1) is 0 Å². The van der Waals surface area contributed by atoms with Gasteiger partial charge in [0.1, 0.15) is 0 Å².